The van der Waals surface area contributed by atoms with Crippen molar-refractivity contribution < 1.29 is 119 Å². The Morgan fingerprint density at radius 2 is 0.689 bits per heavy atom. The molecule has 0 rings (SSSR count). The van der Waals surface area contributed by atoms with Gasteiger partial charge in [-0.2, -0.15) is 105 Å². The molecule has 45 heavy (non-hydrogen) atoms. The van der Waals surface area contributed by atoms with Crippen LogP contribution < -0.4 is 0 Å². The maximum atomic E-state index is 14.5. The summed E-state index contributed by atoms with van der Waals surface area (Å²) in [7, 11) is 0. The first-order valence-electron chi connectivity index (χ1n) is 10.2. The molecule has 0 aromatic carbocycles. The van der Waals surface area contributed by atoms with E-state index in [-0.39, 0.29) is 6.92 Å². The van der Waals surface area contributed by atoms with Crippen molar-refractivity contribution in [3.8, 4) is 0 Å². The average molecular weight is 732 g/mol. The highest BCUT2D eigenvalue weighted by Gasteiger charge is 2.99. The molecule has 0 bridgehead atoms. The van der Waals surface area contributed by atoms with Crippen molar-refractivity contribution in [2.24, 2.45) is 0 Å². The number of hydrogen-bond donors (Lipinski definition) is 0. The smallest absolute Gasteiger partial charge is 0.460 e. The highest BCUT2D eigenvalue weighted by Crippen LogP contribution is 2.67. The van der Waals surface area contributed by atoms with Gasteiger partial charge in [0, 0.05) is 5.57 Å². The molecule has 0 spiro atoms. The zero-order valence-electron chi connectivity index (χ0n) is 20.6. The molecule has 0 aliphatic rings. The molecule has 0 fully saturated rings. The first-order chi connectivity index (χ1) is 19.1. The number of allylic oxidation sites excluding steroid dienone is 1. The van der Waals surface area contributed by atoms with Gasteiger partial charge in [-0.25, -0.2) is 9.18 Å². The van der Waals surface area contributed by atoms with Crippen LogP contribution in [0.15, 0.2) is 11.6 Å². The third-order valence-electron chi connectivity index (χ3n) is 5.39. The molecule has 0 aliphatic heterocycles. The first-order valence-corrected chi connectivity index (χ1v) is 10.2. The second-order valence-corrected chi connectivity index (χ2v) is 8.42. The molecule has 27 heteroatoms. The van der Waals surface area contributed by atoms with Crippen molar-refractivity contribution in [1.82, 2.24) is 0 Å². The van der Waals surface area contributed by atoms with Gasteiger partial charge < -0.3 is 4.74 Å². The van der Waals surface area contributed by atoms with Crippen LogP contribution in [0.1, 0.15) is 13.8 Å². The zero-order valence-corrected chi connectivity index (χ0v) is 20.6. The Hall–Kier alpha value is -2.54. The second kappa shape index (κ2) is 11.0. The predicted octanol–water partition coefficient (Wildman–Crippen LogP) is 9.05. The minimum atomic E-state index is -9.63. The lowest BCUT2D eigenvalue weighted by Crippen LogP contribution is -2.78. The maximum absolute atomic E-state index is 14.5. The van der Waals surface area contributed by atoms with E-state index in [9.17, 15) is 115 Å². The molecular weight excluding hydrogens is 723 g/mol. The number of hydrogen-bond acceptors (Lipinski definition) is 2. The van der Waals surface area contributed by atoms with Crippen molar-refractivity contribution in [2.45, 2.75) is 85.2 Å². The van der Waals surface area contributed by atoms with E-state index in [1.807, 2.05) is 0 Å². The summed E-state index contributed by atoms with van der Waals surface area (Å²) in [6.07, 6.45) is -18.1. The van der Waals surface area contributed by atoms with E-state index in [2.05, 4.69) is 4.74 Å². The van der Waals surface area contributed by atoms with Crippen molar-refractivity contribution in [1.29, 1.82) is 0 Å². The van der Waals surface area contributed by atoms with Crippen LogP contribution in [-0.4, -0.2) is 83.9 Å². The van der Waals surface area contributed by atoms with Gasteiger partial charge in [0.1, 0.15) is 0 Å². The van der Waals surface area contributed by atoms with Gasteiger partial charge in [0.25, 0.3) is 5.67 Å². The SMILES string of the molecule is CCOC(=O)C(C)=CC(F)(C(F)(F)F)C(F)(F)C(F)(F)C(F)(F)C(F)(F)C(F)(F)C(F)(F)C(F)(F)C(F)(F)C(F)(F)C(F)(F)F. The van der Waals surface area contributed by atoms with E-state index in [4.69, 9.17) is 0 Å². The monoisotopic (exact) mass is 732 g/mol. The summed E-state index contributed by atoms with van der Waals surface area (Å²) in [6.45, 7) is -0.413. The van der Waals surface area contributed by atoms with Gasteiger partial charge in [0.2, 0.25) is 0 Å². The summed E-state index contributed by atoms with van der Waals surface area (Å²) < 4.78 is 339. The molecule has 1 unspecified atom stereocenters. The Balaban J connectivity index is 7.62. The third kappa shape index (κ3) is 5.49. The topological polar surface area (TPSA) is 26.3 Å². The lowest BCUT2D eigenvalue weighted by atomic mass is 9.82. The molecule has 0 aromatic rings. The standard InChI is InChI=1S/C18H9F25O2/c1-3-45-6(44)5(2)4-7(19,17(38,39)40)8(20,21)9(22,23)10(24,25)11(26,27)12(28,29)13(30,31)14(32,33)15(34,35)16(36,37)18(41,42)43/h4H,3H2,1-2H3. The van der Waals surface area contributed by atoms with Crippen LogP contribution in [0.3, 0.4) is 0 Å². The fourth-order valence-electron chi connectivity index (χ4n) is 2.74. The van der Waals surface area contributed by atoms with E-state index in [1.165, 1.54) is 0 Å². The zero-order chi connectivity index (χ0) is 37.3. The van der Waals surface area contributed by atoms with Crippen LogP contribution >= 0.6 is 0 Å². The van der Waals surface area contributed by atoms with E-state index >= 15 is 0 Å². The number of alkyl halides is 25. The number of halogens is 25. The molecule has 0 N–H and O–H groups in total. The molecule has 0 amide bonds. The minimum absolute atomic E-state index is 0.243. The summed E-state index contributed by atoms with van der Waals surface area (Å²) in [5.41, 5.74) is -9.89. The molecular formula is C18H9F25O2. The summed E-state index contributed by atoms with van der Waals surface area (Å²) in [4.78, 5) is 11.3. The highest BCUT2D eigenvalue weighted by atomic mass is 19.4. The van der Waals surface area contributed by atoms with Crippen molar-refractivity contribution in [3.63, 3.8) is 0 Å². The summed E-state index contributed by atoms with van der Waals surface area (Å²) in [5, 5.41) is 0. The van der Waals surface area contributed by atoms with Gasteiger partial charge >= 0.3 is 71.6 Å². The Morgan fingerprint density at radius 3 is 0.911 bits per heavy atom. The van der Waals surface area contributed by atoms with Gasteiger partial charge in [-0.05, 0) is 19.9 Å². The highest BCUT2D eigenvalue weighted by molar-refractivity contribution is 5.88. The van der Waals surface area contributed by atoms with Gasteiger partial charge in [0.15, 0.2) is 0 Å². The van der Waals surface area contributed by atoms with Crippen molar-refractivity contribution in [2.75, 3.05) is 6.61 Å². The quantitative estimate of drug-likeness (QED) is 0.114. The van der Waals surface area contributed by atoms with Gasteiger partial charge in [0.05, 0.1) is 6.61 Å². The van der Waals surface area contributed by atoms with Crippen molar-refractivity contribution >= 4 is 5.97 Å². The molecule has 0 aromatic heterocycles. The van der Waals surface area contributed by atoms with E-state index in [0.29, 0.717) is 0 Å². The van der Waals surface area contributed by atoms with Gasteiger partial charge in [-0.3, -0.25) is 0 Å². The number of esters is 1. The Labute approximate surface area is 230 Å². The van der Waals surface area contributed by atoms with Crippen LogP contribution in [-0.2, 0) is 9.53 Å². The fourth-order valence-corrected chi connectivity index (χ4v) is 2.74. The molecule has 1 atom stereocenters. The van der Waals surface area contributed by atoms with E-state index in [1.54, 1.807) is 0 Å². The van der Waals surface area contributed by atoms with E-state index in [0.717, 1.165) is 6.92 Å². The van der Waals surface area contributed by atoms with E-state index < -0.39 is 95.5 Å². The molecule has 0 saturated carbocycles. The largest absolute Gasteiger partial charge is 0.463 e. The number of carbonyl (C=O) groups is 1. The maximum Gasteiger partial charge on any atom is 0.460 e. The average Bonchev–Trinajstić information content (AvgIpc) is 2.81. The first kappa shape index (κ1) is 42.5. The van der Waals surface area contributed by atoms with Gasteiger partial charge in [-0.15, -0.1) is 0 Å². The normalized spacial score (nSPS) is 17.7. The Kier molecular flexibility index (Phi) is 10.4. The molecule has 0 saturated heterocycles. The fraction of sp³-hybridized carbons (Fsp3) is 0.833. The lowest BCUT2D eigenvalue weighted by molar-refractivity contribution is -0.478. The van der Waals surface area contributed by atoms with Crippen LogP contribution in [0.2, 0.25) is 0 Å². The number of rotatable bonds is 12. The second-order valence-electron chi connectivity index (χ2n) is 8.42. The third-order valence-corrected chi connectivity index (χ3v) is 5.39. The number of ether oxygens (including phenoxy) is 1. The molecule has 0 aliphatic carbocycles. The molecule has 2 nitrogen and oxygen atoms in total. The Bertz CT molecular complexity index is 1130. The lowest BCUT2D eigenvalue weighted by Gasteiger charge is -2.46. The van der Waals surface area contributed by atoms with Crippen LogP contribution in [0.5, 0.6) is 0 Å². The molecule has 268 valence electrons. The van der Waals surface area contributed by atoms with Crippen LogP contribution in [0.25, 0.3) is 0 Å². The summed E-state index contributed by atoms with van der Waals surface area (Å²) in [6, 6.07) is 0. The van der Waals surface area contributed by atoms with Crippen molar-refractivity contribution in [3.05, 3.63) is 11.6 Å². The summed E-state index contributed by atoms with van der Waals surface area (Å²) in [5.74, 6) is -85.9. The van der Waals surface area contributed by atoms with Crippen LogP contribution in [0, 0.1) is 0 Å². The van der Waals surface area contributed by atoms with Gasteiger partial charge in [-0.1, -0.05) is 0 Å². The summed E-state index contributed by atoms with van der Waals surface area (Å²) >= 11 is 0. The van der Waals surface area contributed by atoms with Crippen LogP contribution in [0.4, 0.5) is 110 Å². The molecule has 0 heterocycles. The Morgan fingerprint density at radius 1 is 0.444 bits per heavy atom. The number of carbonyl (C=O) groups excluding carboxylic acids is 1. The minimum Gasteiger partial charge on any atom is -0.463 e. The molecule has 0 radical (unpaired) electrons. The predicted molar refractivity (Wildman–Crippen MR) is 90.9 cm³/mol.